The first-order valence-electron chi connectivity index (χ1n) is 5.98. The Morgan fingerprint density at radius 2 is 2.12 bits per heavy atom. The van der Waals surface area contributed by atoms with Crippen LogP contribution in [0.2, 0.25) is 0 Å². The molecule has 0 radical (unpaired) electrons. The highest BCUT2D eigenvalue weighted by Gasteiger charge is 2.39. The second kappa shape index (κ2) is 4.97. The normalized spacial score (nSPS) is 26.5. The van der Waals surface area contributed by atoms with Crippen LogP contribution in [0.5, 0.6) is 0 Å². The van der Waals surface area contributed by atoms with E-state index in [1.807, 2.05) is 20.8 Å². The van der Waals surface area contributed by atoms with Crippen molar-refractivity contribution in [3.63, 3.8) is 0 Å². The predicted octanol–water partition coefficient (Wildman–Crippen LogP) is 2.84. The number of rotatable bonds is 3. The van der Waals surface area contributed by atoms with Crippen molar-refractivity contribution in [1.82, 2.24) is 0 Å². The predicted molar refractivity (Wildman–Crippen MR) is 61.8 cm³/mol. The Morgan fingerprint density at radius 3 is 2.62 bits per heavy atom. The summed E-state index contributed by atoms with van der Waals surface area (Å²) >= 11 is 0. The number of nitriles is 1. The smallest absolute Gasteiger partial charge is 0.153 e. The van der Waals surface area contributed by atoms with E-state index in [9.17, 15) is 10.1 Å². The lowest BCUT2D eigenvalue weighted by atomic mass is 9.72. The molecule has 1 fully saturated rings. The Kier molecular flexibility index (Phi) is 4.09. The molecule has 1 atom stereocenters. The maximum absolute atomic E-state index is 11.8. The van der Waals surface area contributed by atoms with E-state index >= 15 is 0 Å². The van der Waals surface area contributed by atoms with Crippen LogP contribution in [0.1, 0.15) is 52.9 Å². The number of hydrogen-bond donors (Lipinski definition) is 0. The van der Waals surface area contributed by atoms with Crippen molar-refractivity contribution in [3.05, 3.63) is 0 Å². The summed E-state index contributed by atoms with van der Waals surface area (Å²) in [6.45, 7) is 6.43. The van der Waals surface area contributed by atoms with Crippen molar-refractivity contribution in [1.29, 1.82) is 5.26 Å². The first-order chi connectivity index (χ1) is 7.40. The van der Waals surface area contributed by atoms with Gasteiger partial charge in [-0.05, 0) is 40.0 Å². The number of ketones is 1. The number of carbonyl (C=O) groups is 1. The molecule has 0 N–H and O–H groups in total. The topological polar surface area (TPSA) is 50.1 Å². The van der Waals surface area contributed by atoms with Crippen molar-refractivity contribution >= 4 is 5.78 Å². The molecule has 0 heterocycles. The molecule has 0 aromatic carbocycles. The number of carbonyl (C=O) groups excluding carboxylic acids is 1. The Bertz CT molecular complexity index is 298. The average Bonchev–Trinajstić information content (AvgIpc) is 2.19. The molecular formula is C13H21NO2. The number of nitrogens with zero attached hydrogens (tertiary/aromatic N) is 1. The lowest BCUT2D eigenvalue weighted by Crippen LogP contribution is -2.35. The van der Waals surface area contributed by atoms with E-state index in [1.165, 1.54) is 0 Å². The van der Waals surface area contributed by atoms with Gasteiger partial charge in [0.25, 0.3) is 0 Å². The summed E-state index contributed by atoms with van der Waals surface area (Å²) < 4.78 is 5.60. The quantitative estimate of drug-likeness (QED) is 0.739. The van der Waals surface area contributed by atoms with E-state index in [2.05, 4.69) is 6.07 Å². The molecule has 3 nitrogen and oxygen atoms in total. The lowest BCUT2D eigenvalue weighted by Gasteiger charge is -2.30. The fourth-order valence-electron chi connectivity index (χ4n) is 2.06. The molecule has 16 heavy (non-hydrogen) atoms. The third-order valence-electron chi connectivity index (χ3n) is 3.07. The van der Waals surface area contributed by atoms with Gasteiger partial charge >= 0.3 is 0 Å². The van der Waals surface area contributed by atoms with Crippen molar-refractivity contribution in [2.75, 3.05) is 6.61 Å². The van der Waals surface area contributed by atoms with Gasteiger partial charge in [0.15, 0.2) is 5.78 Å². The van der Waals surface area contributed by atoms with Crippen molar-refractivity contribution in [3.8, 4) is 6.07 Å². The van der Waals surface area contributed by atoms with Gasteiger partial charge in [0.2, 0.25) is 0 Å². The number of Topliss-reactive ketones (excluding diaryl/α,β-unsaturated/α-hetero) is 1. The summed E-state index contributed by atoms with van der Waals surface area (Å²) in [4.78, 5) is 11.8. The van der Waals surface area contributed by atoms with Gasteiger partial charge in [0, 0.05) is 13.0 Å². The zero-order chi connectivity index (χ0) is 12.2. The molecule has 1 unspecified atom stereocenters. The fourth-order valence-corrected chi connectivity index (χ4v) is 2.06. The third-order valence-corrected chi connectivity index (χ3v) is 3.07. The van der Waals surface area contributed by atoms with E-state index in [1.54, 1.807) is 0 Å². The van der Waals surface area contributed by atoms with E-state index in [0.29, 0.717) is 25.9 Å². The summed E-state index contributed by atoms with van der Waals surface area (Å²) in [6.07, 6.45) is 3.72. The Hall–Kier alpha value is -0.880. The highest BCUT2D eigenvalue weighted by atomic mass is 16.5. The van der Waals surface area contributed by atoms with Crippen LogP contribution < -0.4 is 0 Å². The Labute approximate surface area is 97.8 Å². The van der Waals surface area contributed by atoms with Crippen LogP contribution >= 0.6 is 0 Å². The zero-order valence-corrected chi connectivity index (χ0v) is 10.5. The van der Waals surface area contributed by atoms with Crippen LogP contribution in [0.15, 0.2) is 0 Å². The Balaban J connectivity index is 2.54. The molecule has 0 aliphatic heterocycles. The standard InChI is InChI=1S/C13H21NO2/c1-12(2,3)16-9-8-13(10-14)7-5-4-6-11(13)15/h4-9H2,1-3H3. The molecule has 0 amide bonds. The summed E-state index contributed by atoms with van der Waals surface area (Å²) in [7, 11) is 0. The summed E-state index contributed by atoms with van der Waals surface area (Å²) in [5.41, 5.74) is -0.960. The molecule has 0 bridgehead atoms. The minimum absolute atomic E-state index is 0.110. The first-order valence-corrected chi connectivity index (χ1v) is 5.98. The van der Waals surface area contributed by atoms with Crippen LogP contribution in [0.3, 0.4) is 0 Å². The summed E-state index contributed by atoms with van der Waals surface area (Å²) in [6, 6.07) is 2.22. The molecule has 0 spiro atoms. The summed E-state index contributed by atoms with van der Waals surface area (Å²) in [5.74, 6) is 0.110. The molecule has 1 aliphatic rings. The van der Waals surface area contributed by atoms with Crippen LogP contribution in [0.4, 0.5) is 0 Å². The van der Waals surface area contributed by atoms with Gasteiger partial charge in [0.1, 0.15) is 5.41 Å². The van der Waals surface area contributed by atoms with Gasteiger partial charge < -0.3 is 4.74 Å². The van der Waals surface area contributed by atoms with Crippen LogP contribution in [0, 0.1) is 16.7 Å². The van der Waals surface area contributed by atoms with E-state index in [4.69, 9.17) is 4.74 Å². The highest BCUT2D eigenvalue weighted by Crippen LogP contribution is 2.36. The third kappa shape index (κ3) is 3.31. The molecule has 1 saturated carbocycles. The summed E-state index contributed by atoms with van der Waals surface area (Å²) in [5, 5.41) is 9.21. The molecule has 0 aromatic rings. The van der Waals surface area contributed by atoms with Crippen LogP contribution in [-0.2, 0) is 9.53 Å². The van der Waals surface area contributed by atoms with Crippen molar-refractivity contribution in [2.24, 2.45) is 5.41 Å². The van der Waals surface area contributed by atoms with Gasteiger partial charge in [-0.1, -0.05) is 6.42 Å². The van der Waals surface area contributed by atoms with E-state index in [0.717, 1.165) is 12.8 Å². The largest absolute Gasteiger partial charge is 0.376 e. The van der Waals surface area contributed by atoms with Crippen LogP contribution in [-0.4, -0.2) is 18.0 Å². The number of ether oxygens (including phenoxy) is 1. The van der Waals surface area contributed by atoms with Crippen LogP contribution in [0.25, 0.3) is 0 Å². The minimum atomic E-state index is -0.760. The van der Waals surface area contributed by atoms with Gasteiger partial charge in [-0.25, -0.2) is 0 Å². The zero-order valence-electron chi connectivity index (χ0n) is 10.5. The maximum atomic E-state index is 11.8. The fraction of sp³-hybridized carbons (Fsp3) is 0.846. The van der Waals surface area contributed by atoms with Gasteiger partial charge in [-0.3, -0.25) is 4.79 Å². The highest BCUT2D eigenvalue weighted by molar-refractivity contribution is 5.88. The lowest BCUT2D eigenvalue weighted by molar-refractivity contribution is -0.130. The number of hydrogen-bond acceptors (Lipinski definition) is 3. The molecule has 0 saturated heterocycles. The second-order valence-electron chi connectivity index (χ2n) is 5.54. The van der Waals surface area contributed by atoms with Crippen molar-refractivity contribution in [2.45, 2.75) is 58.5 Å². The molecule has 0 aromatic heterocycles. The first kappa shape index (κ1) is 13.2. The average molecular weight is 223 g/mol. The molecule has 90 valence electrons. The Morgan fingerprint density at radius 1 is 1.44 bits per heavy atom. The maximum Gasteiger partial charge on any atom is 0.153 e. The molecular weight excluding hydrogens is 202 g/mol. The van der Waals surface area contributed by atoms with Crippen molar-refractivity contribution < 1.29 is 9.53 Å². The van der Waals surface area contributed by atoms with Gasteiger partial charge in [-0.2, -0.15) is 5.26 Å². The molecule has 1 rings (SSSR count). The molecule has 1 aliphatic carbocycles. The second-order valence-corrected chi connectivity index (χ2v) is 5.54. The SMILES string of the molecule is CC(C)(C)OCCC1(C#N)CCCCC1=O. The minimum Gasteiger partial charge on any atom is -0.376 e. The van der Waals surface area contributed by atoms with E-state index in [-0.39, 0.29) is 11.4 Å². The van der Waals surface area contributed by atoms with E-state index < -0.39 is 5.41 Å². The monoisotopic (exact) mass is 223 g/mol. The van der Waals surface area contributed by atoms with Gasteiger partial charge in [-0.15, -0.1) is 0 Å². The molecule has 3 heteroatoms. The van der Waals surface area contributed by atoms with Gasteiger partial charge in [0.05, 0.1) is 11.7 Å².